The molecule has 1 aliphatic rings. The van der Waals surface area contributed by atoms with Crippen LogP contribution in [0.2, 0.25) is 0 Å². The van der Waals surface area contributed by atoms with Gasteiger partial charge in [-0.05, 0) is 49.2 Å². The molecule has 172 valence electrons. The highest BCUT2D eigenvalue weighted by molar-refractivity contribution is 7.90. The van der Waals surface area contributed by atoms with E-state index in [-0.39, 0.29) is 6.04 Å². The second-order valence-corrected chi connectivity index (χ2v) is 10.5. The van der Waals surface area contributed by atoms with Gasteiger partial charge >= 0.3 is 0 Å². The Morgan fingerprint density at radius 3 is 2.70 bits per heavy atom. The van der Waals surface area contributed by atoms with Gasteiger partial charge in [0.15, 0.2) is 9.84 Å². The van der Waals surface area contributed by atoms with Crippen molar-refractivity contribution in [2.75, 3.05) is 42.8 Å². The topological polar surface area (TPSA) is 88.8 Å². The second kappa shape index (κ2) is 8.31. The van der Waals surface area contributed by atoms with E-state index < -0.39 is 9.84 Å². The van der Waals surface area contributed by atoms with Crippen LogP contribution >= 0.6 is 0 Å². The Morgan fingerprint density at radius 1 is 1.15 bits per heavy atom. The summed E-state index contributed by atoms with van der Waals surface area (Å²) in [6.07, 6.45) is 4.89. The van der Waals surface area contributed by atoms with Crippen LogP contribution in [0.1, 0.15) is 24.1 Å². The number of rotatable bonds is 5. The number of hydrogen-bond donors (Lipinski definition) is 1. The second-order valence-electron chi connectivity index (χ2n) is 8.47. The molecule has 0 unspecified atom stereocenters. The number of morpholine rings is 1. The molecule has 0 amide bonds. The Balaban J connectivity index is 1.59. The minimum absolute atomic E-state index is 0.160. The molecule has 0 spiro atoms. The Morgan fingerprint density at radius 2 is 1.94 bits per heavy atom. The summed E-state index contributed by atoms with van der Waals surface area (Å²) in [7, 11) is -3.31. The first-order valence-corrected chi connectivity index (χ1v) is 12.9. The summed E-state index contributed by atoms with van der Waals surface area (Å²) in [6.45, 7) is 7.00. The van der Waals surface area contributed by atoms with E-state index in [1.54, 1.807) is 18.3 Å². The Labute approximate surface area is 193 Å². The average Bonchev–Trinajstić information content (AvgIpc) is 3.27. The molecule has 5 rings (SSSR count). The van der Waals surface area contributed by atoms with Crippen molar-refractivity contribution in [1.29, 1.82) is 0 Å². The zero-order valence-electron chi connectivity index (χ0n) is 18.9. The normalized spacial score (nSPS) is 15.8. The third kappa shape index (κ3) is 4.02. The van der Waals surface area contributed by atoms with Crippen LogP contribution < -0.4 is 10.2 Å². The molecular weight excluding hydrogens is 438 g/mol. The van der Waals surface area contributed by atoms with Crippen molar-refractivity contribution < 1.29 is 13.2 Å². The molecule has 2 aromatic heterocycles. The number of sulfone groups is 1. The molecule has 1 fully saturated rings. The largest absolute Gasteiger partial charge is 0.378 e. The lowest BCUT2D eigenvalue weighted by molar-refractivity contribution is 0.122. The van der Waals surface area contributed by atoms with E-state index in [0.717, 1.165) is 59.8 Å². The lowest BCUT2D eigenvalue weighted by Gasteiger charge is -2.29. The SMILES string of the molecule is Cc1c([C@@H](C)Nc2nc3nccn3c3ccc(N4CCOCC4)cc23)cccc1S(C)(=O)=O. The summed E-state index contributed by atoms with van der Waals surface area (Å²) in [6, 6.07) is 11.6. The Bertz CT molecular complexity index is 1440. The maximum Gasteiger partial charge on any atom is 0.236 e. The molecule has 1 saturated heterocycles. The molecule has 1 atom stereocenters. The van der Waals surface area contributed by atoms with Crippen LogP contribution in [0.3, 0.4) is 0 Å². The van der Waals surface area contributed by atoms with Crippen molar-refractivity contribution in [2.45, 2.75) is 24.8 Å². The van der Waals surface area contributed by atoms with Crippen LogP contribution in [0.25, 0.3) is 16.7 Å². The van der Waals surface area contributed by atoms with Gasteiger partial charge in [-0.15, -0.1) is 0 Å². The Kier molecular flexibility index (Phi) is 5.46. The quantitative estimate of drug-likeness (QED) is 0.482. The van der Waals surface area contributed by atoms with Gasteiger partial charge in [0, 0.05) is 42.8 Å². The first-order chi connectivity index (χ1) is 15.8. The van der Waals surface area contributed by atoms with E-state index >= 15 is 0 Å². The van der Waals surface area contributed by atoms with Crippen LogP contribution in [0.5, 0.6) is 0 Å². The molecule has 2 aromatic carbocycles. The third-order valence-corrected chi connectivity index (χ3v) is 7.49. The standard InChI is InChI=1S/C24H27N5O3S/c1-16-19(5-4-6-22(16)33(3,30)31)17(2)26-23-20-15-18(28-11-13-32-14-12-28)7-8-21(20)29-10-9-25-24(29)27-23/h4-10,15,17H,11-14H2,1-3H3,(H,25,26,27)/t17-/m1/s1. The third-order valence-electron chi connectivity index (χ3n) is 6.25. The van der Waals surface area contributed by atoms with Gasteiger partial charge in [-0.1, -0.05) is 12.1 Å². The minimum atomic E-state index is -3.31. The number of aromatic nitrogens is 3. The number of nitrogens with one attached hydrogen (secondary N) is 1. The van der Waals surface area contributed by atoms with Gasteiger partial charge < -0.3 is 15.0 Å². The fourth-order valence-electron chi connectivity index (χ4n) is 4.56. The smallest absolute Gasteiger partial charge is 0.236 e. The fourth-order valence-corrected chi connectivity index (χ4v) is 5.56. The zero-order chi connectivity index (χ0) is 23.2. The van der Waals surface area contributed by atoms with Gasteiger partial charge in [-0.25, -0.2) is 13.4 Å². The number of anilines is 2. The van der Waals surface area contributed by atoms with E-state index in [4.69, 9.17) is 9.72 Å². The molecule has 0 aliphatic carbocycles. The van der Waals surface area contributed by atoms with E-state index in [0.29, 0.717) is 10.7 Å². The fraction of sp³-hybridized carbons (Fsp3) is 0.333. The van der Waals surface area contributed by atoms with Gasteiger partial charge in [-0.2, -0.15) is 4.98 Å². The van der Waals surface area contributed by atoms with Gasteiger partial charge in [0.25, 0.3) is 0 Å². The van der Waals surface area contributed by atoms with Crippen LogP contribution in [0.15, 0.2) is 53.7 Å². The number of benzene rings is 2. The molecule has 33 heavy (non-hydrogen) atoms. The highest BCUT2D eigenvalue weighted by atomic mass is 32.2. The number of ether oxygens (including phenoxy) is 1. The van der Waals surface area contributed by atoms with Gasteiger partial charge in [0.2, 0.25) is 5.78 Å². The Hall–Kier alpha value is -3.17. The maximum atomic E-state index is 12.2. The molecule has 8 nitrogen and oxygen atoms in total. The predicted octanol–water partition coefficient (Wildman–Crippen LogP) is 3.60. The number of hydrogen-bond acceptors (Lipinski definition) is 7. The van der Waals surface area contributed by atoms with Crippen LogP contribution in [0, 0.1) is 6.92 Å². The van der Waals surface area contributed by atoms with Crippen molar-refractivity contribution in [3.63, 3.8) is 0 Å². The van der Waals surface area contributed by atoms with Crippen LogP contribution in [-0.4, -0.2) is 55.3 Å². The van der Waals surface area contributed by atoms with E-state index in [2.05, 4.69) is 33.4 Å². The van der Waals surface area contributed by atoms with Crippen LogP contribution in [-0.2, 0) is 14.6 Å². The summed E-state index contributed by atoms with van der Waals surface area (Å²) in [5, 5.41) is 4.51. The van der Waals surface area contributed by atoms with Gasteiger partial charge in [0.05, 0.1) is 29.7 Å². The molecule has 9 heteroatoms. The average molecular weight is 466 g/mol. The lowest BCUT2D eigenvalue weighted by Crippen LogP contribution is -2.36. The summed E-state index contributed by atoms with van der Waals surface area (Å²) in [5.74, 6) is 1.33. The predicted molar refractivity (Wildman–Crippen MR) is 130 cm³/mol. The molecule has 0 saturated carbocycles. The lowest BCUT2D eigenvalue weighted by atomic mass is 10.0. The van der Waals surface area contributed by atoms with Crippen molar-refractivity contribution in [1.82, 2.24) is 14.4 Å². The van der Waals surface area contributed by atoms with Crippen molar-refractivity contribution in [3.05, 3.63) is 59.9 Å². The van der Waals surface area contributed by atoms with Gasteiger partial charge in [0.1, 0.15) is 5.82 Å². The van der Waals surface area contributed by atoms with E-state index in [1.807, 2.05) is 30.5 Å². The summed E-state index contributed by atoms with van der Waals surface area (Å²) in [4.78, 5) is 11.9. The molecule has 1 N–H and O–H groups in total. The highest BCUT2D eigenvalue weighted by Crippen LogP contribution is 2.32. The van der Waals surface area contributed by atoms with Crippen LogP contribution in [0.4, 0.5) is 11.5 Å². The molecule has 4 aromatic rings. The summed E-state index contributed by atoms with van der Waals surface area (Å²) in [5.41, 5.74) is 3.80. The molecule has 0 radical (unpaired) electrons. The van der Waals surface area contributed by atoms with Crippen molar-refractivity contribution >= 4 is 38.0 Å². The number of fused-ring (bicyclic) bond motifs is 3. The molecule has 1 aliphatic heterocycles. The van der Waals surface area contributed by atoms with Crippen molar-refractivity contribution in [2.24, 2.45) is 0 Å². The van der Waals surface area contributed by atoms with Crippen molar-refractivity contribution in [3.8, 4) is 0 Å². The minimum Gasteiger partial charge on any atom is -0.378 e. The van der Waals surface area contributed by atoms with Gasteiger partial charge in [-0.3, -0.25) is 4.40 Å². The monoisotopic (exact) mass is 465 g/mol. The number of nitrogens with zero attached hydrogens (tertiary/aromatic N) is 4. The first-order valence-electron chi connectivity index (χ1n) is 11.0. The maximum absolute atomic E-state index is 12.2. The summed E-state index contributed by atoms with van der Waals surface area (Å²) >= 11 is 0. The molecule has 3 heterocycles. The number of imidazole rings is 1. The van der Waals surface area contributed by atoms with E-state index in [1.165, 1.54) is 6.26 Å². The molecular formula is C24H27N5O3S. The highest BCUT2D eigenvalue weighted by Gasteiger charge is 2.19. The summed E-state index contributed by atoms with van der Waals surface area (Å²) < 4.78 is 31.9. The van der Waals surface area contributed by atoms with E-state index in [9.17, 15) is 8.42 Å². The first kappa shape index (κ1) is 21.7. The molecule has 0 bridgehead atoms. The zero-order valence-corrected chi connectivity index (χ0v) is 19.8.